The molecule has 0 saturated carbocycles. The van der Waals surface area contributed by atoms with Gasteiger partial charge in [-0.1, -0.05) is 18.2 Å². The van der Waals surface area contributed by atoms with E-state index in [1.165, 1.54) is 6.07 Å². The molecule has 8 heteroatoms. The summed E-state index contributed by atoms with van der Waals surface area (Å²) in [4.78, 5) is 22.6. The van der Waals surface area contributed by atoms with Gasteiger partial charge < -0.3 is 5.32 Å². The smallest absolute Gasteiger partial charge is 0.284 e. The van der Waals surface area contributed by atoms with E-state index in [0.29, 0.717) is 5.69 Å². The van der Waals surface area contributed by atoms with Crippen LogP contribution in [0.1, 0.15) is 11.1 Å². The molecule has 0 aliphatic rings. The van der Waals surface area contributed by atoms with Gasteiger partial charge in [-0.15, -0.1) is 11.8 Å². The monoisotopic (exact) mass is 338 g/mol. The predicted octanol–water partition coefficient (Wildman–Crippen LogP) is 3.07. The first-order valence-electron chi connectivity index (χ1n) is 6.65. The molecule has 0 atom stereocenters. The maximum Gasteiger partial charge on any atom is 0.284 e. The summed E-state index contributed by atoms with van der Waals surface area (Å²) in [6.45, 7) is 0. The number of carbonyl (C=O) groups excluding carboxylic acids is 1. The van der Waals surface area contributed by atoms with Crippen LogP contribution in [-0.4, -0.2) is 16.6 Å². The number of nitriles is 2. The van der Waals surface area contributed by atoms with E-state index in [9.17, 15) is 14.9 Å². The number of nitrogens with one attached hydrogen (secondary N) is 1. The van der Waals surface area contributed by atoms with Crippen molar-refractivity contribution in [1.82, 2.24) is 0 Å². The highest BCUT2D eigenvalue weighted by atomic mass is 32.2. The van der Waals surface area contributed by atoms with E-state index in [2.05, 4.69) is 5.32 Å². The van der Waals surface area contributed by atoms with Crippen molar-refractivity contribution in [3.63, 3.8) is 0 Å². The summed E-state index contributed by atoms with van der Waals surface area (Å²) in [5.41, 5.74) is 0.287. The Morgan fingerprint density at radius 3 is 2.38 bits per heavy atom. The lowest BCUT2D eigenvalue weighted by Crippen LogP contribution is -2.14. The fraction of sp³-hybridized carbons (Fsp3) is 0.0625. The lowest BCUT2D eigenvalue weighted by atomic mass is 10.1. The molecule has 7 nitrogen and oxygen atoms in total. The van der Waals surface area contributed by atoms with Crippen LogP contribution < -0.4 is 5.32 Å². The van der Waals surface area contributed by atoms with Crippen molar-refractivity contribution in [3.8, 4) is 12.1 Å². The van der Waals surface area contributed by atoms with Gasteiger partial charge in [0.15, 0.2) is 0 Å². The number of anilines is 1. The van der Waals surface area contributed by atoms with Crippen molar-refractivity contribution >= 4 is 29.0 Å². The Balaban J connectivity index is 2.17. The van der Waals surface area contributed by atoms with Gasteiger partial charge in [-0.25, -0.2) is 0 Å². The van der Waals surface area contributed by atoms with Crippen LogP contribution in [0.2, 0.25) is 0 Å². The van der Waals surface area contributed by atoms with Crippen molar-refractivity contribution in [2.75, 3.05) is 11.1 Å². The minimum Gasteiger partial charge on any atom is -0.325 e. The Kier molecular flexibility index (Phi) is 5.50. The Labute approximate surface area is 141 Å². The lowest BCUT2D eigenvalue weighted by Gasteiger charge is -2.06. The van der Waals surface area contributed by atoms with E-state index in [4.69, 9.17) is 10.5 Å². The summed E-state index contributed by atoms with van der Waals surface area (Å²) in [7, 11) is 0. The molecule has 0 radical (unpaired) electrons. The number of para-hydroxylation sites is 1. The first kappa shape index (κ1) is 17.0. The van der Waals surface area contributed by atoms with Gasteiger partial charge in [-0.2, -0.15) is 10.5 Å². The highest BCUT2D eigenvalue weighted by molar-refractivity contribution is 8.00. The topological polar surface area (TPSA) is 120 Å². The van der Waals surface area contributed by atoms with Crippen LogP contribution in [0.5, 0.6) is 0 Å². The highest BCUT2D eigenvalue weighted by Gasteiger charge is 2.19. The molecular weight excluding hydrogens is 328 g/mol. The lowest BCUT2D eigenvalue weighted by molar-refractivity contribution is -0.387. The molecule has 1 amide bonds. The van der Waals surface area contributed by atoms with E-state index < -0.39 is 4.92 Å². The predicted molar refractivity (Wildman–Crippen MR) is 88.3 cm³/mol. The number of hydrogen-bond donors (Lipinski definition) is 1. The summed E-state index contributed by atoms with van der Waals surface area (Å²) in [6, 6.07) is 14.7. The molecule has 2 rings (SSSR count). The fourth-order valence-corrected chi connectivity index (χ4v) is 2.71. The standard InChI is InChI=1S/C16H10N4O3S/c17-8-11-6-14(20(22)23)15(7-12(11)9-18)24-10-16(21)19-13-4-2-1-3-5-13/h1-7H,10H2,(H,19,21). The average molecular weight is 338 g/mol. The van der Waals surface area contributed by atoms with E-state index in [-0.39, 0.29) is 33.4 Å². The third kappa shape index (κ3) is 4.09. The molecule has 0 aliphatic heterocycles. The maximum atomic E-state index is 11.9. The minimum absolute atomic E-state index is 0.0362. The first-order chi connectivity index (χ1) is 11.5. The van der Waals surface area contributed by atoms with Crippen LogP contribution >= 0.6 is 11.8 Å². The second-order valence-electron chi connectivity index (χ2n) is 4.55. The van der Waals surface area contributed by atoms with Crippen LogP contribution in [0, 0.1) is 32.8 Å². The third-order valence-corrected chi connectivity index (χ3v) is 4.00. The van der Waals surface area contributed by atoms with Crippen molar-refractivity contribution in [1.29, 1.82) is 10.5 Å². The quantitative estimate of drug-likeness (QED) is 0.508. The van der Waals surface area contributed by atoms with Gasteiger partial charge in [0.2, 0.25) is 5.91 Å². The number of thioether (sulfide) groups is 1. The molecule has 2 aromatic rings. The van der Waals surface area contributed by atoms with Crippen LogP contribution in [0.25, 0.3) is 0 Å². The molecular formula is C16H10N4O3S. The number of hydrogen-bond acceptors (Lipinski definition) is 6. The molecule has 0 spiro atoms. The number of rotatable bonds is 5. The number of nitro groups is 1. The summed E-state index contributed by atoms with van der Waals surface area (Å²) in [6.07, 6.45) is 0. The number of nitrogens with zero attached hydrogens (tertiary/aromatic N) is 3. The van der Waals surface area contributed by atoms with Crippen LogP contribution in [0.4, 0.5) is 11.4 Å². The average Bonchev–Trinajstić information content (AvgIpc) is 2.59. The van der Waals surface area contributed by atoms with Gasteiger partial charge in [0, 0.05) is 11.8 Å². The number of benzene rings is 2. The molecule has 2 aromatic carbocycles. The van der Waals surface area contributed by atoms with Crippen LogP contribution in [0.15, 0.2) is 47.4 Å². The maximum absolute atomic E-state index is 11.9. The van der Waals surface area contributed by atoms with Gasteiger partial charge in [-0.3, -0.25) is 14.9 Å². The van der Waals surface area contributed by atoms with Crippen molar-refractivity contribution in [2.24, 2.45) is 0 Å². The van der Waals surface area contributed by atoms with Gasteiger partial charge in [0.1, 0.15) is 12.1 Å². The molecule has 0 unspecified atom stereocenters. The van der Waals surface area contributed by atoms with E-state index in [0.717, 1.165) is 17.8 Å². The molecule has 0 aromatic heterocycles. The number of carbonyl (C=O) groups is 1. The van der Waals surface area contributed by atoms with Gasteiger partial charge >= 0.3 is 0 Å². The zero-order valence-electron chi connectivity index (χ0n) is 12.2. The summed E-state index contributed by atoms with van der Waals surface area (Å²) >= 11 is 0.937. The van der Waals surface area contributed by atoms with Gasteiger partial charge in [0.25, 0.3) is 5.69 Å². The summed E-state index contributed by atoms with van der Waals surface area (Å²) < 4.78 is 0. The summed E-state index contributed by atoms with van der Waals surface area (Å²) in [5, 5.41) is 31.7. The Bertz CT molecular complexity index is 869. The molecule has 1 N–H and O–H groups in total. The molecule has 118 valence electrons. The second kappa shape index (κ2) is 7.77. The van der Waals surface area contributed by atoms with Gasteiger partial charge in [0.05, 0.1) is 26.7 Å². The van der Waals surface area contributed by atoms with Crippen molar-refractivity contribution in [2.45, 2.75) is 4.90 Å². The summed E-state index contributed by atoms with van der Waals surface area (Å²) in [5.74, 6) is -0.393. The minimum atomic E-state index is -0.639. The SMILES string of the molecule is N#Cc1cc(SCC(=O)Nc2ccccc2)c([N+](=O)[O-])cc1C#N. The third-order valence-electron chi connectivity index (χ3n) is 2.95. The first-order valence-corrected chi connectivity index (χ1v) is 7.64. The van der Waals surface area contributed by atoms with Crippen molar-refractivity contribution < 1.29 is 9.72 Å². The van der Waals surface area contributed by atoms with Crippen molar-refractivity contribution in [3.05, 3.63) is 63.7 Å². The second-order valence-corrected chi connectivity index (χ2v) is 5.57. The van der Waals surface area contributed by atoms with Crippen LogP contribution in [0.3, 0.4) is 0 Å². The van der Waals surface area contributed by atoms with E-state index in [1.54, 1.807) is 30.3 Å². The molecule has 0 heterocycles. The largest absolute Gasteiger partial charge is 0.325 e. The normalized spacial score (nSPS) is 9.58. The Hall–Kier alpha value is -3.36. The zero-order chi connectivity index (χ0) is 17.5. The number of amides is 1. The van der Waals surface area contributed by atoms with E-state index in [1.807, 2.05) is 12.1 Å². The zero-order valence-corrected chi connectivity index (χ0v) is 13.0. The van der Waals surface area contributed by atoms with E-state index >= 15 is 0 Å². The van der Waals surface area contributed by atoms with Crippen LogP contribution in [-0.2, 0) is 4.79 Å². The molecule has 0 bridgehead atoms. The number of nitro benzene ring substituents is 1. The molecule has 0 saturated heterocycles. The van der Waals surface area contributed by atoms with Gasteiger partial charge in [-0.05, 0) is 18.2 Å². The Morgan fingerprint density at radius 1 is 1.17 bits per heavy atom. The molecule has 24 heavy (non-hydrogen) atoms. The highest BCUT2D eigenvalue weighted by Crippen LogP contribution is 2.32. The molecule has 0 fully saturated rings. The molecule has 0 aliphatic carbocycles. The Morgan fingerprint density at radius 2 is 1.79 bits per heavy atom. The fourth-order valence-electron chi connectivity index (χ4n) is 1.87.